The minimum Gasteiger partial charge on any atom is -0.444 e. The lowest BCUT2D eigenvalue weighted by Crippen LogP contribution is -2.71. The second kappa shape index (κ2) is 9.11. The molecule has 0 saturated carbocycles. The second-order valence-corrected chi connectivity index (χ2v) is 8.88. The van der Waals surface area contributed by atoms with E-state index in [0.29, 0.717) is 53.0 Å². The molecule has 4 aromatic rings. The Balaban J connectivity index is 1.15. The number of amides is 4. The van der Waals surface area contributed by atoms with Crippen molar-refractivity contribution < 1.29 is 27.9 Å². The van der Waals surface area contributed by atoms with Gasteiger partial charge in [0.1, 0.15) is 23.5 Å². The summed E-state index contributed by atoms with van der Waals surface area (Å²) >= 11 is 0. The first-order valence-corrected chi connectivity index (χ1v) is 11.8. The highest BCUT2D eigenvalue weighted by Crippen LogP contribution is 2.36. The molecule has 1 spiro atoms. The number of nitrogens with zero attached hydrogens (tertiary/aromatic N) is 3. The van der Waals surface area contributed by atoms with Gasteiger partial charge >= 0.3 is 6.03 Å². The number of aromatic nitrogens is 2. The zero-order chi connectivity index (χ0) is 26.3. The van der Waals surface area contributed by atoms with Crippen LogP contribution < -0.4 is 20.3 Å². The van der Waals surface area contributed by atoms with Crippen molar-refractivity contribution in [2.24, 2.45) is 0 Å². The van der Waals surface area contributed by atoms with Crippen LogP contribution in [0.5, 0.6) is 11.6 Å². The summed E-state index contributed by atoms with van der Waals surface area (Å²) in [5.41, 5.74) is 0.932. The number of imide groups is 2. The Morgan fingerprint density at radius 2 is 1.76 bits per heavy atom. The van der Waals surface area contributed by atoms with Gasteiger partial charge in [-0.3, -0.25) is 20.2 Å². The number of halogens is 1. The zero-order valence-corrected chi connectivity index (χ0v) is 19.8. The molecule has 0 bridgehead atoms. The summed E-state index contributed by atoms with van der Waals surface area (Å²) in [5.74, 6) is -0.413. The number of anilines is 1. The van der Waals surface area contributed by atoms with Gasteiger partial charge in [0.2, 0.25) is 11.8 Å². The van der Waals surface area contributed by atoms with Crippen LogP contribution in [0.25, 0.3) is 22.7 Å². The van der Waals surface area contributed by atoms with Crippen molar-refractivity contribution in [3.63, 3.8) is 0 Å². The van der Waals surface area contributed by atoms with Crippen LogP contribution in [0.1, 0.15) is 12.8 Å². The molecule has 2 fully saturated rings. The van der Waals surface area contributed by atoms with E-state index in [2.05, 4.69) is 20.6 Å². The van der Waals surface area contributed by atoms with Gasteiger partial charge in [-0.25, -0.2) is 19.2 Å². The lowest BCUT2D eigenvalue weighted by Gasteiger charge is -2.38. The van der Waals surface area contributed by atoms with E-state index >= 15 is 0 Å². The summed E-state index contributed by atoms with van der Waals surface area (Å²) < 4.78 is 24.9. The number of benzene rings is 2. The predicted molar refractivity (Wildman–Crippen MR) is 133 cm³/mol. The van der Waals surface area contributed by atoms with Gasteiger partial charge in [-0.15, -0.1) is 0 Å². The highest BCUT2D eigenvalue weighted by molar-refractivity contribution is 6.24. The fourth-order valence-corrected chi connectivity index (χ4v) is 4.75. The molecular weight excluding hydrogens is 493 g/mol. The molecule has 11 heteroatoms. The molecule has 190 valence electrons. The summed E-state index contributed by atoms with van der Waals surface area (Å²) in [7, 11) is 0. The number of urea groups is 1. The maximum Gasteiger partial charge on any atom is 0.328 e. The van der Waals surface area contributed by atoms with Crippen molar-refractivity contribution in [1.29, 1.82) is 0 Å². The lowest BCUT2D eigenvalue weighted by atomic mass is 9.92. The SMILES string of the molecule is O=C1NC(=O)C2(CCCN2c2ccc(Oc3ccc(-c4nc(-c5cccc(F)c5)co4)cc3)nc2)C(=O)N1. The molecule has 38 heavy (non-hydrogen) atoms. The van der Waals surface area contributed by atoms with Gasteiger partial charge in [-0.1, -0.05) is 12.1 Å². The Morgan fingerprint density at radius 3 is 2.47 bits per heavy atom. The zero-order valence-electron chi connectivity index (χ0n) is 19.8. The molecule has 2 saturated heterocycles. The van der Waals surface area contributed by atoms with Gasteiger partial charge in [0.05, 0.1) is 11.9 Å². The van der Waals surface area contributed by atoms with Crippen LogP contribution in [0.15, 0.2) is 77.5 Å². The van der Waals surface area contributed by atoms with E-state index in [1.807, 2.05) is 0 Å². The smallest absolute Gasteiger partial charge is 0.328 e. The maximum atomic E-state index is 13.5. The predicted octanol–water partition coefficient (Wildman–Crippen LogP) is 4.04. The molecule has 2 aliphatic heterocycles. The van der Waals surface area contributed by atoms with E-state index < -0.39 is 23.4 Å². The molecule has 0 radical (unpaired) electrons. The number of carbonyl (C=O) groups is 3. The number of hydrogen-bond acceptors (Lipinski definition) is 8. The van der Waals surface area contributed by atoms with E-state index in [0.717, 1.165) is 0 Å². The standard InChI is InChI=1S/C27H20FN5O5/c28-18-4-1-3-17(13-18)21-15-37-23(30-21)16-5-8-20(9-6-16)38-22-10-7-19(14-29-22)33-12-2-11-27(33)24(34)31-26(36)32-25(27)35/h1,3-10,13-15H,2,11-12H2,(H2,31,32,34,35,36). The molecule has 4 heterocycles. The number of pyridine rings is 1. The molecule has 6 rings (SSSR count). The van der Waals surface area contributed by atoms with Crippen LogP contribution in [-0.4, -0.2) is 39.9 Å². The summed E-state index contributed by atoms with van der Waals surface area (Å²) in [4.78, 5) is 47.2. The van der Waals surface area contributed by atoms with Crippen LogP contribution in [0.4, 0.5) is 14.9 Å². The largest absolute Gasteiger partial charge is 0.444 e. The number of ether oxygens (including phenoxy) is 1. The van der Waals surface area contributed by atoms with E-state index in [1.165, 1.54) is 24.6 Å². The molecule has 2 N–H and O–H groups in total. The molecule has 4 amide bonds. The van der Waals surface area contributed by atoms with Gasteiger partial charge in [0.25, 0.3) is 11.8 Å². The topological polar surface area (TPSA) is 127 Å². The third-order valence-electron chi connectivity index (χ3n) is 6.57. The summed E-state index contributed by atoms with van der Waals surface area (Å²) in [6.07, 6.45) is 3.89. The van der Waals surface area contributed by atoms with Crippen LogP contribution in [0.2, 0.25) is 0 Å². The molecule has 0 unspecified atom stereocenters. The molecular formula is C27H20FN5O5. The first kappa shape index (κ1) is 23.3. The molecule has 2 aliphatic rings. The first-order valence-electron chi connectivity index (χ1n) is 11.8. The average Bonchev–Trinajstić information content (AvgIpc) is 3.58. The van der Waals surface area contributed by atoms with Crippen LogP contribution in [0.3, 0.4) is 0 Å². The van der Waals surface area contributed by atoms with E-state index in [1.54, 1.807) is 53.4 Å². The monoisotopic (exact) mass is 513 g/mol. The van der Waals surface area contributed by atoms with Crippen molar-refractivity contribution in [1.82, 2.24) is 20.6 Å². The summed E-state index contributed by atoms with van der Waals surface area (Å²) in [6, 6.07) is 15.7. The summed E-state index contributed by atoms with van der Waals surface area (Å²) in [5, 5.41) is 4.38. The highest BCUT2D eigenvalue weighted by atomic mass is 19.1. The fraction of sp³-hybridized carbons (Fsp3) is 0.148. The maximum absolute atomic E-state index is 13.5. The Kier molecular flexibility index (Phi) is 5.60. The third-order valence-corrected chi connectivity index (χ3v) is 6.57. The first-order chi connectivity index (χ1) is 18.4. The lowest BCUT2D eigenvalue weighted by molar-refractivity contribution is -0.137. The van der Waals surface area contributed by atoms with Crippen molar-refractivity contribution in [2.75, 3.05) is 11.4 Å². The molecule has 0 atom stereocenters. The minimum absolute atomic E-state index is 0.288. The van der Waals surface area contributed by atoms with Gasteiger partial charge in [-0.05, 0) is 55.3 Å². The molecule has 10 nitrogen and oxygen atoms in total. The van der Waals surface area contributed by atoms with E-state index in [-0.39, 0.29) is 12.2 Å². The molecule has 2 aromatic carbocycles. The van der Waals surface area contributed by atoms with Crippen molar-refractivity contribution in [2.45, 2.75) is 18.4 Å². The fourth-order valence-electron chi connectivity index (χ4n) is 4.75. The number of hydrogen-bond donors (Lipinski definition) is 2. The number of rotatable bonds is 5. The normalized spacial score (nSPS) is 16.4. The molecule has 0 aliphatic carbocycles. The number of nitrogens with one attached hydrogen (secondary N) is 2. The van der Waals surface area contributed by atoms with Crippen molar-refractivity contribution in [3.05, 3.63) is 78.9 Å². The van der Waals surface area contributed by atoms with Crippen LogP contribution in [0, 0.1) is 5.82 Å². The van der Waals surface area contributed by atoms with E-state index in [9.17, 15) is 18.8 Å². The van der Waals surface area contributed by atoms with Crippen LogP contribution >= 0.6 is 0 Å². The Hall–Kier alpha value is -5.06. The van der Waals surface area contributed by atoms with Gasteiger partial charge in [0, 0.05) is 23.7 Å². The Morgan fingerprint density at radius 1 is 0.974 bits per heavy atom. The Bertz CT molecular complexity index is 1530. The number of barbiturate groups is 1. The highest BCUT2D eigenvalue weighted by Gasteiger charge is 2.57. The third kappa shape index (κ3) is 4.03. The van der Waals surface area contributed by atoms with Gasteiger partial charge in [0.15, 0.2) is 5.54 Å². The van der Waals surface area contributed by atoms with Gasteiger partial charge < -0.3 is 14.1 Å². The summed E-state index contributed by atoms with van der Waals surface area (Å²) in [6.45, 7) is 0.458. The van der Waals surface area contributed by atoms with Crippen molar-refractivity contribution >= 4 is 23.5 Å². The number of oxazole rings is 1. The molecule has 2 aromatic heterocycles. The second-order valence-electron chi connectivity index (χ2n) is 8.88. The number of carbonyl (C=O) groups excluding carboxylic acids is 3. The average molecular weight is 513 g/mol. The van der Waals surface area contributed by atoms with Crippen LogP contribution in [-0.2, 0) is 9.59 Å². The Labute approximate surface area is 215 Å². The minimum atomic E-state index is -1.48. The van der Waals surface area contributed by atoms with Gasteiger partial charge in [-0.2, -0.15) is 0 Å². The van der Waals surface area contributed by atoms with Crippen molar-refractivity contribution in [3.8, 4) is 34.3 Å². The quantitative estimate of drug-likeness (QED) is 0.383. The van der Waals surface area contributed by atoms with E-state index in [4.69, 9.17) is 9.15 Å².